The summed E-state index contributed by atoms with van der Waals surface area (Å²) in [6.45, 7) is 18.0. The molecule has 0 amide bonds. The third-order valence-electron chi connectivity index (χ3n) is 5.18. The van der Waals surface area contributed by atoms with Gasteiger partial charge >= 0.3 is 0 Å². The van der Waals surface area contributed by atoms with Crippen molar-refractivity contribution >= 4 is 6.29 Å². The molecule has 0 saturated heterocycles. The molecule has 2 atom stereocenters. The molecule has 3 nitrogen and oxygen atoms in total. The molecule has 2 unspecified atom stereocenters. The molecule has 0 aromatic carbocycles. The molecule has 0 bridgehead atoms. The van der Waals surface area contributed by atoms with E-state index >= 15 is 0 Å². The zero-order chi connectivity index (χ0) is 25.2. The summed E-state index contributed by atoms with van der Waals surface area (Å²) in [4.78, 5) is 9.59. The fourth-order valence-electron chi connectivity index (χ4n) is 2.71. The number of nitrogens with zero attached hydrogens (tertiary/aromatic N) is 1. The van der Waals surface area contributed by atoms with Gasteiger partial charge in [0, 0.05) is 17.8 Å². The Bertz CT molecular complexity index is 585. The minimum atomic E-state index is 0.518. The van der Waals surface area contributed by atoms with Gasteiger partial charge in [-0.2, -0.15) is 5.26 Å². The maximum Gasteiger partial charge on any atom is 0.147 e. The zero-order valence-corrected chi connectivity index (χ0v) is 21.9. The Kier molecular flexibility index (Phi) is 28.6. The average molecular weight is 443 g/mol. The second-order valence-electron chi connectivity index (χ2n) is 8.11. The van der Waals surface area contributed by atoms with E-state index in [1.54, 1.807) is 13.0 Å². The van der Waals surface area contributed by atoms with E-state index in [1.807, 2.05) is 32.1 Å². The highest BCUT2D eigenvalue weighted by Crippen LogP contribution is 2.25. The van der Waals surface area contributed by atoms with E-state index in [1.165, 1.54) is 38.3 Å². The van der Waals surface area contributed by atoms with Gasteiger partial charge in [-0.1, -0.05) is 90.3 Å². The molecule has 0 aromatic rings. The van der Waals surface area contributed by atoms with Crippen molar-refractivity contribution in [1.29, 1.82) is 5.26 Å². The topological polar surface area (TPSA) is 66.9 Å². The lowest BCUT2D eigenvalue weighted by molar-refractivity contribution is -0.104. The summed E-state index contributed by atoms with van der Waals surface area (Å²) in [5.41, 5.74) is 5.45. The van der Waals surface area contributed by atoms with Crippen LogP contribution in [-0.4, -0.2) is 6.29 Å². The van der Waals surface area contributed by atoms with Crippen LogP contribution in [0.5, 0.6) is 0 Å². The fourth-order valence-corrected chi connectivity index (χ4v) is 2.71. The SMILES string of the molecule is C/C(C=O)=C\N.C=CC(/C=C/C)C/C=C/C1CCCCC1.CC.CC(C)C(C)/C=C/C#N. The molecule has 1 saturated carbocycles. The van der Waals surface area contributed by atoms with Crippen molar-refractivity contribution in [3.63, 3.8) is 0 Å². The first-order chi connectivity index (χ1) is 15.4. The van der Waals surface area contributed by atoms with Gasteiger partial charge in [0.25, 0.3) is 0 Å². The summed E-state index contributed by atoms with van der Waals surface area (Å²) in [5.74, 6) is 2.53. The number of nitrogens with two attached hydrogens (primary N) is 1. The van der Waals surface area contributed by atoms with Crippen LogP contribution in [-0.2, 0) is 4.79 Å². The van der Waals surface area contributed by atoms with Crippen molar-refractivity contribution in [3.8, 4) is 6.07 Å². The Morgan fingerprint density at radius 1 is 1.16 bits per heavy atom. The molecule has 0 heterocycles. The molecule has 182 valence electrons. The average Bonchev–Trinajstić information content (AvgIpc) is 2.84. The van der Waals surface area contributed by atoms with Crippen molar-refractivity contribution in [2.24, 2.45) is 29.4 Å². The highest BCUT2D eigenvalue weighted by atomic mass is 16.1. The van der Waals surface area contributed by atoms with E-state index in [9.17, 15) is 4.79 Å². The minimum absolute atomic E-state index is 0.518. The number of rotatable bonds is 8. The van der Waals surface area contributed by atoms with Gasteiger partial charge in [0.05, 0.1) is 6.07 Å². The van der Waals surface area contributed by atoms with Crippen LogP contribution in [0, 0.1) is 35.0 Å². The molecule has 32 heavy (non-hydrogen) atoms. The standard InChI is InChI=1S/C15H24.C8H13N.C4H7NO.C2H6/c1-3-9-14(4-2)12-8-13-15-10-6-5-7-11-15;1-7(2)8(3)5-4-6-9;1-4(2-5)3-6;1-2/h3-4,8-9,13-15H,2,5-7,10-12H2,1H3;4-5,7-8H,1-3H3;2-3H,5H2,1H3;1-2H3/b9-3+,13-8+;5-4+;4-2+;. The molecule has 0 aromatic heterocycles. The maximum atomic E-state index is 9.59. The number of carbonyl (C=O) groups excluding carboxylic acids is 1. The third-order valence-corrected chi connectivity index (χ3v) is 5.18. The molecule has 1 rings (SSSR count). The molecule has 1 aliphatic carbocycles. The number of hydrogen-bond acceptors (Lipinski definition) is 3. The Balaban J connectivity index is -0.000000422. The largest absolute Gasteiger partial charge is 0.404 e. The van der Waals surface area contributed by atoms with Crippen LogP contribution in [0.15, 0.2) is 60.9 Å². The highest BCUT2D eigenvalue weighted by Gasteiger charge is 2.09. The monoisotopic (exact) mass is 442 g/mol. The number of nitriles is 1. The van der Waals surface area contributed by atoms with Crippen LogP contribution in [0.4, 0.5) is 0 Å². The fraction of sp³-hybridized carbons (Fsp3) is 0.586. The number of allylic oxidation sites excluding steroid dienone is 8. The van der Waals surface area contributed by atoms with Crippen LogP contribution in [0.2, 0.25) is 0 Å². The van der Waals surface area contributed by atoms with E-state index in [2.05, 4.69) is 58.6 Å². The van der Waals surface area contributed by atoms with Gasteiger partial charge < -0.3 is 5.73 Å². The van der Waals surface area contributed by atoms with Gasteiger partial charge in [-0.05, 0) is 56.8 Å². The first kappa shape index (κ1) is 34.3. The van der Waals surface area contributed by atoms with Crippen LogP contribution >= 0.6 is 0 Å². The van der Waals surface area contributed by atoms with Crippen LogP contribution in [0.25, 0.3) is 0 Å². The molecular weight excluding hydrogens is 392 g/mol. The first-order valence-electron chi connectivity index (χ1n) is 12.2. The van der Waals surface area contributed by atoms with Gasteiger partial charge in [-0.25, -0.2) is 0 Å². The molecule has 1 aliphatic rings. The van der Waals surface area contributed by atoms with Crippen LogP contribution in [0.1, 0.15) is 87.0 Å². The zero-order valence-electron chi connectivity index (χ0n) is 21.9. The molecule has 3 heteroatoms. The molecule has 0 radical (unpaired) electrons. The van der Waals surface area contributed by atoms with Crippen LogP contribution in [0.3, 0.4) is 0 Å². The smallest absolute Gasteiger partial charge is 0.147 e. The van der Waals surface area contributed by atoms with E-state index in [0.29, 0.717) is 29.6 Å². The summed E-state index contributed by atoms with van der Waals surface area (Å²) in [6.07, 6.45) is 24.8. The van der Waals surface area contributed by atoms with Crippen molar-refractivity contribution < 1.29 is 4.79 Å². The number of hydrogen-bond donors (Lipinski definition) is 1. The molecule has 0 aliphatic heterocycles. The van der Waals surface area contributed by atoms with Gasteiger partial charge in [-0.15, -0.1) is 6.58 Å². The molecule has 0 spiro atoms. The lowest BCUT2D eigenvalue weighted by Crippen LogP contribution is -2.02. The summed E-state index contributed by atoms with van der Waals surface area (Å²) in [7, 11) is 0. The third kappa shape index (κ3) is 23.9. The van der Waals surface area contributed by atoms with Gasteiger partial charge in [0.2, 0.25) is 0 Å². The van der Waals surface area contributed by atoms with E-state index in [-0.39, 0.29) is 0 Å². The van der Waals surface area contributed by atoms with Crippen molar-refractivity contribution in [1.82, 2.24) is 0 Å². The summed E-state index contributed by atoms with van der Waals surface area (Å²) in [5, 5.41) is 8.16. The predicted molar refractivity (Wildman–Crippen MR) is 143 cm³/mol. The predicted octanol–water partition coefficient (Wildman–Crippen LogP) is 8.32. The molecule has 2 N–H and O–H groups in total. The normalized spacial score (nSPS) is 16.2. The first-order valence-corrected chi connectivity index (χ1v) is 12.2. The lowest BCUT2D eigenvalue weighted by atomic mass is 9.88. The van der Waals surface area contributed by atoms with E-state index in [0.717, 1.165) is 12.3 Å². The van der Waals surface area contributed by atoms with Crippen LogP contribution < -0.4 is 5.73 Å². The second kappa shape index (κ2) is 26.7. The number of aldehydes is 1. The summed E-state index contributed by atoms with van der Waals surface area (Å²) < 4.78 is 0. The summed E-state index contributed by atoms with van der Waals surface area (Å²) >= 11 is 0. The quantitative estimate of drug-likeness (QED) is 0.178. The van der Waals surface area contributed by atoms with E-state index in [4.69, 9.17) is 11.0 Å². The summed E-state index contributed by atoms with van der Waals surface area (Å²) in [6, 6.07) is 1.97. The molecular formula is C29H50N2O. The van der Waals surface area contributed by atoms with Crippen molar-refractivity contribution in [2.75, 3.05) is 0 Å². The van der Waals surface area contributed by atoms with Gasteiger partial charge in [-0.3, -0.25) is 4.79 Å². The second-order valence-corrected chi connectivity index (χ2v) is 8.11. The maximum absolute atomic E-state index is 9.59. The Hall–Kier alpha value is -2.34. The lowest BCUT2D eigenvalue weighted by Gasteiger charge is -2.17. The minimum Gasteiger partial charge on any atom is -0.404 e. The highest BCUT2D eigenvalue weighted by molar-refractivity contribution is 5.71. The van der Waals surface area contributed by atoms with Crippen molar-refractivity contribution in [3.05, 3.63) is 60.9 Å². The Morgan fingerprint density at radius 3 is 2.12 bits per heavy atom. The Labute approximate surface area is 199 Å². The van der Waals surface area contributed by atoms with E-state index < -0.39 is 0 Å². The van der Waals surface area contributed by atoms with Gasteiger partial charge in [0.1, 0.15) is 6.29 Å². The molecule has 1 fully saturated rings. The van der Waals surface area contributed by atoms with Crippen molar-refractivity contribution in [2.45, 2.75) is 87.0 Å². The number of carbonyl (C=O) groups is 1. The van der Waals surface area contributed by atoms with Gasteiger partial charge in [0.15, 0.2) is 0 Å². The Morgan fingerprint density at radius 2 is 1.75 bits per heavy atom.